The van der Waals surface area contributed by atoms with E-state index in [1.807, 2.05) is 31.2 Å². The molecule has 0 saturated carbocycles. The number of aliphatic hydroxyl groups excluding tert-OH is 1. The summed E-state index contributed by atoms with van der Waals surface area (Å²) >= 11 is 0. The summed E-state index contributed by atoms with van der Waals surface area (Å²) in [5, 5.41) is 11.3. The summed E-state index contributed by atoms with van der Waals surface area (Å²) in [6.45, 7) is 10.9. The lowest BCUT2D eigenvalue weighted by molar-refractivity contribution is -0.140. The van der Waals surface area contributed by atoms with Gasteiger partial charge in [0.25, 0.3) is 11.7 Å². The summed E-state index contributed by atoms with van der Waals surface area (Å²) in [7, 11) is 1.58. The highest BCUT2D eigenvalue weighted by atomic mass is 16.5. The number of likely N-dealkylation sites (N-methyl/N-ethyl adjacent to an activating group) is 1. The number of benzene rings is 2. The zero-order valence-corrected chi connectivity index (χ0v) is 20.2. The summed E-state index contributed by atoms with van der Waals surface area (Å²) < 4.78 is 5.27. The first kappa shape index (κ1) is 24.5. The Morgan fingerprint density at radius 2 is 1.73 bits per heavy atom. The summed E-state index contributed by atoms with van der Waals surface area (Å²) in [5.74, 6) is -0.704. The van der Waals surface area contributed by atoms with Crippen molar-refractivity contribution < 1.29 is 19.4 Å². The van der Waals surface area contributed by atoms with E-state index in [9.17, 15) is 14.7 Å². The standard InChI is InChI=1S/C27H34N2O4/c1-6-19-9-11-20(12-10-19)24-23(25(30)22-14-13-21(33-5)17-18(22)4)26(31)27(32)29(24)16-15-28(7-2)8-3/h9-14,17,24,30H,6-8,15-16H2,1-5H3/t24-/m0/s1. The van der Waals surface area contributed by atoms with Crippen LogP contribution < -0.4 is 4.74 Å². The van der Waals surface area contributed by atoms with Crippen LogP contribution in [0.3, 0.4) is 0 Å². The maximum absolute atomic E-state index is 13.2. The van der Waals surface area contributed by atoms with Crippen LogP contribution in [0.4, 0.5) is 0 Å². The third-order valence-corrected chi connectivity index (χ3v) is 6.48. The lowest BCUT2D eigenvalue weighted by atomic mass is 9.93. The van der Waals surface area contributed by atoms with Crippen LogP contribution in [0.2, 0.25) is 0 Å². The number of rotatable bonds is 9. The molecule has 0 bridgehead atoms. The number of nitrogens with zero attached hydrogens (tertiary/aromatic N) is 2. The average molecular weight is 451 g/mol. The van der Waals surface area contributed by atoms with Crippen molar-refractivity contribution in [3.05, 3.63) is 70.3 Å². The number of hydrogen-bond donors (Lipinski definition) is 1. The Hall–Kier alpha value is -3.12. The Morgan fingerprint density at radius 1 is 1.06 bits per heavy atom. The zero-order chi connectivity index (χ0) is 24.1. The Morgan fingerprint density at radius 3 is 2.27 bits per heavy atom. The molecule has 0 radical (unpaired) electrons. The number of ether oxygens (including phenoxy) is 1. The second kappa shape index (κ2) is 10.7. The molecule has 0 unspecified atom stereocenters. The summed E-state index contributed by atoms with van der Waals surface area (Å²) in [6.07, 6.45) is 0.896. The van der Waals surface area contributed by atoms with Crippen molar-refractivity contribution in [1.82, 2.24) is 9.80 Å². The minimum absolute atomic E-state index is 0.136. The van der Waals surface area contributed by atoms with Crippen LogP contribution in [0.1, 0.15) is 49.1 Å². The molecule has 33 heavy (non-hydrogen) atoms. The fourth-order valence-corrected chi connectivity index (χ4v) is 4.36. The number of carbonyl (C=O) groups is 2. The fourth-order valence-electron chi connectivity index (χ4n) is 4.36. The van der Waals surface area contributed by atoms with Gasteiger partial charge >= 0.3 is 0 Å². The Labute approximate surface area is 196 Å². The predicted molar refractivity (Wildman–Crippen MR) is 130 cm³/mol. The van der Waals surface area contributed by atoms with E-state index in [2.05, 4.69) is 25.7 Å². The number of carbonyl (C=O) groups excluding carboxylic acids is 2. The van der Waals surface area contributed by atoms with Crippen molar-refractivity contribution in [2.75, 3.05) is 33.3 Å². The molecule has 1 heterocycles. The minimum Gasteiger partial charge on any atom is -0.507 e. The third-order valence-electron chi connectivity index (χ3n) is 6.48. The van der Waals surface area contributed by atoms with Crippen molar-refractivity contribution in [3.63, 3.8) is 0 Å². The van der Waals surface area contributed by atoms with E-state index in [1.54, 1.807) is 30.2 Å². The van der Waals surface area contributed by atoms with Gasteiger partial charge in [0, 0.05) is 18.7 Å². The SMILES string of the molecule is CCc1ccc([C@H]2C(=C(O)c3ccc(OC)cc3C)C(=O)C(=O)N2CCN(CC)CC)cc1. The molecule has 1 aliphatic heterocycles. The molecule has 6 nitrogen and oxygen atoms in total. The molecule has 1 N–H and O–H groups in total. The molecule has 0 aliphatic carbocycles. The first-order chi connectivity index (χ1) is 15.9. The number of amides is 1. The third kappa shape index (κ3) is 4.96. The number of ketones is 1. The van der Waals surface area contributed by atoms with E-state index in [0.717, 1.165) is 30.6 Å². The molecular formula is C27H34N2O4. The van der Waals surface area contributed by atoms with Gasteiger partial charge in [-0.15, -0.1) is 0 Å². The van der Waals surface area contributed by atoms with Crippen LogP contribution in [-0.2, 0) is 16.0 Å². The number of Topliss-reactive ketones (excluding diaryl/α,β-unsaturated/α-hetero) is 1. The quantitative estimate of drug-likeness (QED) is 0.350. The maximum Gasteiger partial charge on any atom is 0.295 e. The van der Waals surface area contributed by atoms with Crippen LogP contribution in [0.5, 0.6) is 5.75 Å². The molecule has 1 fully saturated rings. The number of aryl methyl sites for hydroxylation is 2. The first-order valence-electron chi connectivity index (χ1n) is 11.6. The van der Waals surface area contributed by atoms with Gasteiger partial charge in [0.05, 0.1) is 18.7 Å². The van der Waals surface area contributed by atoms with E-state index in [1.165, 1.54) is 5.56 Å². The highest BCUT2D eigenvalue weighted by Crippen LogP contribution is 2.40. The summed E-state index contributed by atoms with van der Waals surface area (Å²) in [5.41, 5.74) is 3.41. The van der Waals surface area contributed by atoms with Crippen LogP contribution in [-0.4, -0.2) is 59.9 Å². The van der Waals surface area contributed by atoms with Crippen molar-refractivity contribution in [1.29, 1.82) is 0 Å². The molecule has 2 aromatic rings. The van der Waals surface area contributed by atoms with Gasteiger partial charge < -0.3 is 19.6 Å². The molecule has 0 spiro atoms. The molecular weight excluding hydrogens is 416 g/mol. The van der Waals surface area contributed by atoms with E-state index in [4.69, 9.17) is 4.74 Å². The zero-order valence-electron chi connectivity index (χ0n) is 20.2. The highest BCUT2D eigenvalue weighted by Gasteiger charge is 2.46. The Bertz CT molecular complexity index is 1040. The molecule has 0 aromatic heterocycles. The van der Waals surface area contributed by atoms with Gasteiger partial charge in [-0.3, -0.25) is 9.59 Å². The number of likely N-dealkylation sites (tertiary alicyclic amines) is 1. The van der Waals surface area contributed by atoms with Gasteiger partial charge in [-0.2, -0.15) is 0 Å². The molecule has 1 amide bonds. The van der Waals surface area contributed by atoms with Crippen LogP contribution in [0.25, 0.3) is 5.76 Å². The second-order valence-electron chi connectivity index (χ2n) is 8.30. The Balaban J connectivity index is 2.12. The van der Waals surface area contributed by atoms with Crippen LogP contribution in [0.15, 0.2) is 48.0 Å². The second-order valence-corrected chi connectivity index (χ2v) is 8.30. The van der Waals surface area contributed by atoms with Crippen molar-refractivity contribution in [2.45, 2.75) is 40.2 Å². The maximum atomic E-state index is 13.2. The molecule has 3 rings (SSSR count). The first-order valence-corrected chi connectivity index (χ1v) is 11.6. The Kier molecular flexibility index (Phi) is 7.92. The average Bonchev–Trinajstić information content (AvgIpc) is 3.09. The summed E-state index contributed by atoms with van der Waals surface area (Å²) in [4.78, 5) is 30.1. The predicted octanol–water partition coefficient (Wildman–Crippen LogP) is 4.33. The molecule has 2 aromatic carbocycles. The lowest BCUT2D eigenvalue weighted by Gasteiger charge is -2.28. The number of hydrogen-bond acceptors (Lipinski definition) is 5. The van der Waals surface area contributed by atoms with Gasteiger partial charge in [-0.25, -0.2) is 0 Å². The molecule has 176 valence electrons. The van der Waals surface area contributed by atoms with Gasteiger partial charge in [0.2, 0.25) is 0 Å². The number of methoxy groups -OCH3 is 1. The lowest BCUT2D eigenvalue weighted by Crippen LogP contribution is -2.38. The van der Waals surface area contributed by atoms with Gasteiger partial charge in [-0.05, 0) is 61.3 Å². The molecule has 1 atom stereocenters. The van der Waals surface area contributed by atoms with E-state index in [0.29, 0.717) is 24.4 Å². The van der Waals surface area contributed by atoms with Gasteiger partial charge in [0.15, 0.2) is 0 Å². The van der Waals surface area contributed by atoms with Gasteiger partial charge in [-0.1, -0.05) is 45.0 Å². The van der Waals surface area contributed by atoms with Crippen molar-refractivity contribution in [3.8, 4) is 5.75 Å². The largest absolute Gasteiger partial charge is 0.507 e. The van der Waals surface area contributed by atoms with Crippen LogP contribution >= 0.6 is 0 Å². The van der Waals surface area contributed by atoms with E-state index >= 15 is 0 Å². The van der Waals surface area contributed by atoms with Crippen molar-refractivity contribution in [2.24, 2.45) is 0 Å². The molecule has 1 aliphatic rings. The summed E-state index contributed by atoms with van der Waals surface area (Å²) in [6, 6.07) is 12.6. The van der Waals surface area contributed by atoms with Gasteiger partial charge in [0.1, 0.15) is 11.5 Å². The number of aliphatic hydroxyl groups is 1. The molecule has 6 heteroatoms. The topological polar surface area (TPSA) is 70.1 Å². The van der Waals surface area contributed by atoms with E-state index < -0.39 is 17.7 Å². The van der Waals surface area contributed by atoms with Crippen LogP contribution in [0, 0.1) is 6.92 Å². The monoisotopic (exact) mass is 450 g/mol. The minimum atomic E-state index is -0.646. The smallest absolute Gasteiger partial charge is 0.295 e. The van der Waals surface area contributed by atoms with Crippen molar-refractivity contribution >= 4 is 17.4 Å². The normalized spacial score (nSPS) is 17.8. The highest BCUT2D eigenvalue weighted by molar-refractivity contribution is 6.46. The fraction of sp³-hybridized carbons (Fsp3) is 0.407. The molecule has 1 saturated heterocycles. The van der Waals surface area contributed by atoms with E-state index in [-0.39, 0.29) is 11.3 Å².